The second kappa shape index (κ2) is 8.78. The third-order valence-corrected chi connectivity index (χ3v) is 4.79. The van der Waals surface area contributed by atoms with Gasteiger partial charge >= 0.3 is 5.97 Å². The number of ketones is 1. The lowest BCUT2D eigenvalue weighted by Gasteiger charge is -2.11. The molecular weight excluding hydrogens is 362 g/mol. The van der Waals surface area contributed by atoms with Gasteiger partial charge in [0.2, 0.25) is 0 Å². The smallest absolute Gasteiger partial charge is 0.306 e. The molecular formula is C18H18ClNO4S. The zero-order chi connectivity index (χ0) is 18.4. The molecule has 0 unspecified atom stereocenters. The molecule has 1 heterocycles. The summed E-state index contributed by atoms with van der Waals surface area (Å²) in [4.78, 5) is 36.0. The Morgan fingerprint density at radius 2 is 1.76 bits per heavy atom. The van der Waals surface area contributed by atoms with Crippen molar-refractivity contribution in [1.82, 2.24) is 0 Å². The molecule has 7 heteroatoms. The lowest BCUT2D eigenvalue weighted by molar-refractivity contribution is -0.147. The number of thiophene rings is 1. The van der Waals surface area contributed by atoms with Gasteiger partial charge in [-0.3, -0.25) is 14.4 Å². The first-order valence-corrected chi connectivity index (χ1v) is 8.86. The first kappa shape index (κ1) is 19.1. The molecule has 0 saturated carbocycles. The van der Waals surface area contributed by atoms with E-state index >= 15 is 0 Å². The Morgan fingerprint density at radius 1 is 1.08 bits per heavy atom. The van der Waals surface area contributed by atoms with Crippen LogP contribution in [0.2, 0.25) is 4.34 Å². The summed E-state index contributed by atoms with van der Waals surface area (Å²) in [7, 11) is 0. The summed E-state index contributed by atoms with van der Waals surface area (Å²) in [6.45, 7) is 3.39. The van der Waals surface area contributed by atoms with Crippen LogP contribution in [0.4, 0.5) is 5.69 Å². The number of amides is 1. The zero-order valence-corrected chi connectivity index (χ0v) is 15.5. The second-order valence-electron chi connectivity index (χ2n) is 5.50. The van der Waals surface area contributed by atoms with Gasteiger partial charge in [-0.05, 0) is 37.1 Å². The molecule has 0 bridgehead atoms. The standard InChI is InChI=1S/C18H18ClNO4S/c1-11-4-3-5-12(2)18(11)20-16(22)10-24-17(23)9-6-13(21)14-7-8-15(19)25-14/h3-5,7-8H,6,9-10H2,1-2H3,(H,20,22). The first-order valence-electron chi connectivity index (χ1n) is 7.67. The number of benzene rings is 1. The fraction of sp³-hybridized carbons (Fsp3) is 0.278. The number of esters is 1. The maximum absolute atomic E-state index is 11.9. The number of rotatable bonds is 7. The maximum atomic E-state index is 11.9. The molecule has 5 nitrogen and oxygen atoms in total. The minimum Gasteiger partial charge on any atom is -0.456 e. The number of para-hydroxylation sites is 1. The topological polar surface area (TPSA) is 72.5 Å². The van der Waals surface area contributed by atoms with E-state index in [1.807, 2.05) is 32.0 Å². The Kier molecular flexibility index (Phi) is 6.73. The third kappa shape index (κ3) is 5.69. The highest BCUT2D eigenvalue weighted by Crippen LogP contribution is 2.23. The minimum absolute atomic E-state index is 0.0220. The summed E-state index contributed by atoms with van der Waals surface area (Å²) in [6, 6.07) is 8.93. The Morgan fingerprint density at radius 3 is 2.36 bits per heavy atom. The molecule has 0 aliphatic heterocycles. The number of aryl methyl sites for hydroxylation is 2. The van der Waals surface area contributed by atoms with Crippen molar-refractivity contribution in [3.05, 3.63) is 50.7 Å². The van der Waals surface area contributed by atoms with Crippen molar-refractivity contribution in [2.24, 2.45) is 0 Å². The van der Waals surface area contributed by atoms with E-state index in [0.29, 0.717) is 14.9 Å². The molecule has 0 radical (unpaired) electrons. The summed E-state index contributed by atoms with van der Waals surface area (Å²) in [5.74, 6) is -1.18. The minimum atomic E-state index is -0.590. The van der Waals surface area contributed by atoms with Crippen molar-refractivity contribution in [3.8, 4) is 0 Å². The number of anilines is 1. The van der Waals surface area contributed by atoms with Crippen LogP contribution >= 0.6 is 22.9 Å². The number of hydrogen-bond acceptors (Lipinski definition) is 5. The molecule has 0 saturated heterocycles. The van der Waals surface area contributed by atoms with Crippen molar-refractivity contribution in [2.75, 3.05) is 11.9 Å². The van der Waals surface area contributed by atoms with E-state index < -0.39 is 11.9 Å². The monoisotopic (exact) mass is 379 g/mol. The molecule has 1 amide bonds. The molecule has 2 aromatic rings. The van der Waals surface area contributed by atoms with Crippen LogP contribution in [0.15, 0.2) is 30.3 Å². The van der Waals surface area contributed by atoms with Gasteiger partial charge in [0.1, 0.15) is 0 Å². The van der Waals surface area contributed by atoms with E-state index in [0.717, 1.165) is 11.1 Å². The SMILES string of the molecule is Cc1cccc(C)c1NC(=O)COC(=O)CCC(=O)c1ccc(Cl)s1. The number of ether oxygens (including phenoxy) is 1. The van der Waals surface area contributed by atoms with Gasteiger partial charge < -0.3 is 10.1 Å². The predicted molar refractivity (Wildman–Crippen MR) is 98.4 cm³/mol. The number of Topliss-reactive ketones (excluding diaryl/α,β-unsaturated/α-hetero) is 1. The average Bonchev–Trinajstić information content (AvgIpc) is 3.01. The molecule has 0 fully saturated rings. The molecule has 0 aliphatic rings. The molecule has 2 rings (SSSR count). The van der Waals surface area contributed by atoms with Gasteiger partial charge in [-0.25, -0.2) is 0 Å². The Bertz CT molecular complexity index is 780. The lowest BCUT2D eigenvalue weighted by Crippen LogP contribution is -2.22. The first-order chi connectivity index (χ1) is 11.9. The zero-order valence-electron chi connectivity index (χ0n) is 13.9. The number of hydrogen-bond donors (Lipinski definition) is 1. The number of nitrogens with one attached hydrogen (secondary N) is 1. The molecule has 0 aliphatic carbocycles. The van der Waals surface area contributed by atoms with Crippen LogP contribution in [-0.4, -0.2) is 24.3 Å². The molecule has 1 N–H and O–H groups in total. The van der Waals surface area contributed by atoms with E-state index in [4.69, 9.17) is 16.3 Å². The highest BCUT2D eigenvalue weighted by atomic mass is 35.5. The van der Waals surface area contributed by atoms with E-state index in [1.54, 1.807) is 12.1 Å². The molecule has 132 valence electrons. The van der Waals surface area contributed by atoms with Crippen molar-refractivity contribution in [1.29, 1.82) is 0 Å². The lowest BCUT2D eigenvalue weighted by atomic mass is 10.1. The van der Waals surface area contributed by atoms with Gasteiger partial charge in [0.25, 0.3) is 5.91 Å². The number of halogens is 1. The van der Waals surface area contributed by atoms with Gasteiger partial charge in [0.15, 0.2) is 12.4 Å². The predicted octanol–water partition coefficient (Wildman–Crippen LogP) is 4.16. The van der Waals surface area contributed by atoms with Crippen LogP contribution in [0, 0.1) is 13.8 Å². The van der Waals surface area contributed by atoms with Crippen LogP contribution in [0.1, 0.15) is 33.6 Å². The summed E-state index contributed by atoms with van der Waals surface area (Å²) >= 11 is 6.94. The van der Waals surface area contributed by atoms with Crippen LogP contribution in [0.25, 0.3) is 0 Å². The average molecular weight is 380 g/mol. The van der Waals surface area contributed by atoms with E-state index in [1.165, 1.54) is 11.3 Å². The molecule has 1 aromatic heterocycles. The number of carbonyl (C=O) groups excluding carboxylic acids is 3. The maximum Gasteiger partial charge on any atom is 0.306 e. The van der Waals surface area contributed by atoms with Gasteiger partial charge in [0.05, 0.1) is 15.6 Å². The van der Waals surface area contributed by atoms with Gasteiger partial charge in [-0.15, -0.1) is 11.3 Å². The van der Waals surface area contributed by atoms with Gasteiger partial charge in [0, 0.05) is 12.1 Å². The Hall–Kier alpha value is -2.18. The van der Waals surface area contributed by atoms with Crippen LogP contribution in [0.5, 0.6) is 0 Å². The number of carbonyl (C=O) groups is 3. The largest absolute Gasteiger partial charge is 0.456 e. The van der Waals surface area contributed by atoms with Crippen molar-refractivity contribution in [3.63, 3.8) is 0 Å². The summed E-state index contributed by atoms with van der Waals surface area (Å²) in [5, 5.41) is 2.73. The van der Waals surface area contributed by atoms with Crippen LogP contribution < -0.4 is 5.32 Å². The third-order valence-electron chi connectivity index (χ3n) is 3.51. The Balaban J connectivity index is 1.76. The van der Waals surface area contributed by atoms with Crippen LogP contribution in [0.3, 0.4) is 0 Å². The summed E-state index contributed by atoms with van der Waals surface area (Å²) in [5.41, 5.74) is 2.58. The van der Waals surface area contributed by atoms with Gasteiger partial charge in [-0.1, -0.05) is 29.8 Å². The quantitative estimate of drug-likeness (QED) is 0.579. The van der Waals surface area contributed by atoms with E-state index in [2.05, 4.69) is 5.32 Å². The van der Waals surface area contributed by atoms with Crippen molar-refractivity contribution >= 4 is 46.3 Å². The molecule has 0 atom stereocenters. The molecule has 0 spiro atoms. The normalized spacial score (nSPS) is 10.4. The highest BCUT2D eigenvalue weighted by Gasteiger charge is 2.14. The van der Waals surface area contributed by atoms with Crippen LogP contribution in [-0.2, 0) is 14.3 Å². The van der Waals surface area contributed by atoms with Crippen molar-refractivity contribution in [2.45, 2.75) is 26.7 Å². The molecule has 25 heavy (non-hydrogen) atoms. The second-order valence-corrected chi connectivity index (χ2v) is 7.22. The van der Waals surface area contributed by atoms with Gasteiger partial charge in [-0.2, -0.15) is 0 Å². The summed E-state index contributed by atoms with van der Waals surface area (Å²) < 4.78 is 5.44. The van der Waals surface area contributed by atoms with Crippen molar-refractivity contribution < 1.29 is 19.1 Å². The Labute approximate surface area is 154 Å². The van der Waals surface area contributed by atoms with E-state index in [-0.39, 0.29) is 25.2 Å². The van der Waals surface area contributed by atoms with E-state index in [9.17, 15) is 14.4 Å². The highest BCUT2D eigenvalue weighted by molar-refractivity contribution is 7.18. The summed E-state index contributed by atoms with van der Waals surface area (Å²) in [6.07, 6.45) is -0.0563. The fourth-order valence-corrected chi connectivity index (χ4v) is 3.22. The fourth-order valence-electron chi connectivity index (χ4n) is 2.21. The molecule has 1 aromatic carbocycles.